The van der Waals surface area contributed by atoms with Gasteiger partial charge in [-0.3, -0.25) is 4.79 Å². The Labute approximate surface area is 148 Å². The van der Waals surface area contributed by atoms with Crippen molar-refractivity contribution >= 4 is 5.91 Å². The van der Waals surface area contributed by atoms with Crippen molar-refractivity contribution < 1.29 is 13.6 Å². The van der Waals surface area contributed by atoms with E-state index >= 15 is 0 Å². The number of nitrogens with zero attached hydrogens (tertiary/aromatic N) is 2. The predicted molar refractivity (Wildman–Crippen MR) is 91.8 cm³/mol. The predicted octanol–water partition coefficient (Wildman–Crippen LogP) is 3.58. The summed E-state index contributed by atoms with van der Waals surface area (Å²) in [5, 5.41) is 0. The van der Waals surface area contributed by atoms with Crippen molar-refractivity contribution in [1.29, 1.82) is 0 Å². The molecule has 2 saturated heterocycles. The highest BCUT2D eigenvalue weighted by atomic mass is 19.2. The van der Waals surface area contributed by atoms with E-state index in [1.807, 2.05) is 0 Å². The van der Waals surface area contributed by atoms with Crippen molar-refractivity contribution in [1.82, 2.24) is 9.80 Å². The van der Waals surface area contributed by atoms with Gasteiger partial charge in [0.1, 0.15) is 0 Å². The van der Waals surface area contributed by atoms with Crippen LogP contribution in [0.3, 0.4) is 0 Å². The zero-order valence-corrected chi connectivity index (χ0v) is 14.6. The van der Waals surface area contributed by atoms with Gasteiger partial charge in [-0.05, 0) is 50.6 Å². The number of carbonyl (C=O) groups excluding carboxylic acids is 1. The van der Waals surface area contributed by atoms with Crippen LogP contribution in [0.15, 0.2) is 18.2 Å². The lowest BCUT2D eigenvalue weighted by atomic mass is 9.78. The van der Waals surface area contributed by atoms with Crippen LogP contribution in [0.1, 0.15) is 44.1 Å². The van der Waals surface area contributed by atoms with Gasteiger partial charge in [-0.25, -0.2) is 8.78 Å². The summed E-state index contributed by atoms with van der Waals surface area (Å²) in [6, 6.07) is 4.20. The molecule has 3 nitrogen and oxygen atoms in total. The number of carbonyl (C=O) groups is 1. The second kappa shape index (κ2) is 6.67. The molecule has 1 atom stereocenters. The zero-order chi connectivity index (χ0) is 17.4. The van der Waals surface area contributed by atoms with Crippen molar-refractivity contribution in [2.24, 2.45) is 11.3 Å². The maximum absolute atomic E-state index is 14.0. The lowest BCUT2D eigenvalue weighted by Crippen LogP contribution is -2.50. The van der Waals surface area contributed by atoms with Gasteiger partial charge in [-0.1, -0.05) is 18.6 Å². The molecule has 1 aliphatic carbocycles. The molecule has 1 aromatic carbocycles. The molecule has 5 heteroatoms. The van der Waals surface area contributed by atoms with Gasteiger partial charge in [0.25, 0.3) is 0 Å². The van der Waals surface area contributed by atoms with Crippen molar-refractivity contribution in [3.63, 3.8) is 0 Å². The van der Waals surface area contributed by atoms with Crippen LogP contribution in [-0.4, -0.2) is 41.9 Å². The highest BCUT2D eigenvalue weighted by molar-refractivity contribution is 5.84. The van der Waals surface area contributed by atoms with Crippen molar-refractivity contribution in [3.05, 3.63) is 35.4 Å². The molecule has 4 rings (SSSR count). The Morgan fingerprint density at radius 1 is 1.12 bits per heavy atom. The molecule has 25 heavy (non-hydrogen) atoms. The van der Waals surface area contributed by atoms with Gasteiger partial charge >= 0.3 is 0 Å². The van der Waals surface area contributed by atoms with Crippen LogP contribution in [0.4, 0.5) is 8.78 Å². The monoisotopic (exact) mass is 348 g/mol. The molecule has 0 unspecified atom stereocenters. The van der Waals surface area contributed by atoms with Gasteiger partial charge in [0, 0.05) is 31.7 Å². The maximum atomic E-state index is 14.0. The van der Waals surface area contributed by atoms with Gasteiger partial charge in [0.05, 0.1) is 5.41 Å². The van der Waals surface area contributed by atoms with Gasteiger partial charge in [-0.15, -0.1) is 0 Å². The number of likely N-dealkylation sites (tertiary alicyclic amines) is 2. The summed E-state index contributed by atoms with van der Waals surface area (Å²) in [5.41, 5.74) is -0.0269. The summed E-state index contributed by atoms with van der Waals surface area (Å²) in [6.45, 7) is 3.76. The first-order valence-corrected chi connectivity index (χ1v) is 9.52. The summed E-state index contributed by atoms with van der Waals surface area (Å²) in [5.74, 6) is -0.720. The fourth-order valence-electron chi connectivity index (χ4n) is 4.71. The molecule has 1 saturated carbocycles. The van der Waals surface area contributed by atoms with E-state index in [0.29, 0.717) is 6.54 Å². The van der Waals surface area contributed by atoms with E-state index in [1.54, 1.807) is 11.0 Å². The molecular formula is C20H26F2N2O. The topological polar surface area (TPSA) is 23.6 Å². The van der Waals surface area contributed by atoms with E-state index in [9.17, 15) is 13.6 Å². The molecular weight excluding hydrogens is 322 g/mol. The van der Waals surface area contributed by atoms with E-state index in [1.165, 1.54) is 25.3 Å². The first-order valence-electron chi connectivity index (χ1n) is 9.52. The minimum absolute atomic E-state index is 0.138. The molecule has 3 aliphatic rings. The summed E-state index contributed by atoms with van der Waals surface area (Å²) < 4.78 is 27.4. The van der Waals surface area contributed by atoms with Crippen LogP contribution in [0.5, 0.6) is 0 Å². The number of benzene rings is 1. The van der Waals surface area contributed by atoms with Crippen LogP contribution < -0.4 is 0 Å². The van der Waals surface area contributed by atoms with Crippen LogP contribution in [0.25, 0.3) is 0 Å². The Morgan fingerprint density at radius 2 is 1.96 bits per heavy atom. The van der Waals surface area contributed by atoms with E-state index in [0.717, 1.165) is 50.9 Å². The molecule has 3 fully saturated rings. The van der Waals surface area contributed by atoms with E-state index in [-0.39, 0.29) is 23.4 Å². The van der Waals surface area contributed by atoms with Gasteiger partial charge < -0.3 is 9.80 Å². The fourth-order valence-corrected chi connectivity index (χ4v) is 4.71. The average Bonchev–Trinajstić information content (AvgIpc) is 2.96. The minimum atomic E-state index is -0.843. The molecule has 0 bridgehead atoms. The highest BCUT2D eigenvalue weighted by Gasteiger charge is 2.48. The molecule has 2 aliphatic heterocycles. The third-order valence-corrected chi connectivity index (χ3v) is 6.39. The number of hydrogen-bond donors (Lipinski definition) is 0. The third kappa shape index (κ3) is 3.19. The molecule has 1 spiro atoms. The van der Waals surface area contributed by atoms with Crippen LogP contribution >= 0.6 is 0 Å². The Hall–Kier alpha value is -1.49. The number of hydrogen-bond acceptors (Lipinski definition) is 2. The van der Waals surface area contributed by atoms with E-state index in [2.05, 4.69) is 4.90 Å². The minimum Gasteiger partial charge on any atom is -0.338 e. The first kappa shape index (κ1) is 17.0. The molecule has 1 amide bonds. The summed E-state index contributed by atoms with van der Waals surface area (Å²) >= 11 is 0. The number of halogens is 2. The Bertz CT molecular complexity index is 661. The lowest BCUT2D eigenvalue weighted by Gasteiger charge is -2.40. The summed E-state index contributed by atoms with van der Waals surface area (Å²) in [6.07, 6.45) is 6.76. The Kier molecular flexibility index (Phi) is 4.52. The van der Waals surface area contributed by atoms with Crippen LogP contribution in [-0.2, 0) is 11.3 Å². The van der Waals surface area contributed by atoms with Crippen molar-refractivity contribution in [2.45, 2.75) is 45.1 Å². The normalized spacial score (nSPS) is 27.9. The van der Waals surface area contributed by atoms with Gasteiger partial charge in [0.15, 0.2) is 11.6 Å². The first-order chi connectivity index (χ1) is 12.1. The van der Waals surface area contributed by atoms with Crippen LogP contribution in [0.2, 0.25) is 0 Å². The number of amides is 1. The smallest absolute Gasteiger partial charge is 0.230 e. The standard InChI is InChI=1S/C20H26F2N2O/c21-17-7-2-6-16(18(17)22)13-24-10-3-8-20(19(24)25)9-11-23(14-20)12-15-4-1-5-15/h2,6-7,15H,1,3-5,8-14H2/t20-/m0/s1. The van der Waals surface area contributed by atoms with Crippen molar-refractivity contribution in [2.75, 3.05) is 26.2 Å². The molecule has 0 radical (unpaired) electrons. The second-order valence-corrected chi connectivity index (χ2v) is 8.11. The zero-order valence-electron chi connectivity index (χ0n) is 14.6. The van der Waals surface area contributed by atoms with Gasteiger partial charge in [-0.2, -0.15) is 0 Å². The third-order valence-electron chi connectivity index (χ3n) is 6.39. The van der Waals surface area contributed by atoms with E-state index < -0.39 is 11.6 Å². The second-order valence-electron chi connectivity index (χ2n) is 8.11. The molecule has 0 aromatic heterocycles. The Morgan fingerprint density at radius 3 is 2.72 bits per heavy atom. The van der Waals surface area contributed by atoms with Gasteiger partial charge in [0.2, 0.25) is 5.91 Å². The number of piperidine rings is 1. The lowest BCUT2D eigenvalue weighted by molar-refractivity contribution is -0.146. The largest absolute Gasteiger partial charge is 0.338 e. The summed E-state index contributed by atoms with van der Waals surface area (Å²) in [4.78, 5) is 17.3. The molecule has 0 N–H and O–H groups in total. The Balaban J connectivity index is 1.45. The van der Waals surface area contributed by atoms with Crippen LogP contribution in [0, 0.1) is 23.0 Å². The molecule has 1 aromatic rings. The van der Waals surface area contributed by atoms with E-state index in [4.69, 9.17) is 0 Å². The number of rotatable bonds is 4. The average molecular weight is 348 g/mol. The quantitative estimate of drug-likeness (QED) is 0.830. The molecule has 136 valence electrons. The maximum Gasteiger partial charge on any atom is 0.230 e. The summed E-state index contributed by atoms with van der Waals surface area (Å²) in [7, 11) is 0. The SMILES string of the molecule is O=C1N(Cc2cccc(F)c2F)CCC[C@@]12CCN(CC1CCC1)C2. The highest BCUT2D eigenvalue weighted by Crippen LogP contribution is 2.41. The molecule has 2 heterocycles. The van der Waals surface area contributed by atoms with Crippen molar-refractivity contribution in [3.8, 4) is 0 Å². The fraction of sp³-hybridized carbons (Fsp3) is 0.650.